The first-order valence-corrected chi connectivity index (χ1v) is 11.5. The van der Waals surface area contributed by atoms with E-state index >= 15 is 0 Å². The minimum Gasteiger partial charge on any atom is -0.444 e. The number of aromatic nitrogens is 1. The summed E-state index contributed by atoms with van der Waals surface area (Å²) in [5.41, 5.74) is -0.300. The highest BCUT2D eigenvalue weighted by Crippen LogP contribution is 2.22. The Hall–Kier alpha value is -2.42. The van der Waals surface area contributed by atoms with E-state index < -0.39 is 17.5 Å². The van der Waals surface area contributed by atoms with Crippen molar-refractivity contribution in [1.82, 2.24) is 20.5 Å². The minimum atomic E-state index is -0.534. The van der Waals surface area contributed by atoms with Crippen LogP contribution in [0.15, 0.2) is 12.3 Å². The average molecular weight is 450 g/mol. The van der Waals surface area contributed by atoms with Crippen molar-refractivity contribution in [3.05, 3.63) is 23.6 Å². The van der Waals surface area contributed by atoms with Crippen molar-refractivity contribution in [2.75, 3.05) is 25.5 Å². The van der Waals surface area contributed by atoms with E-state index in [-0.39, 0.29) is 29.6 Å². The standard InChI is InChI=1S/C23H36FN5O3/c1-23(2,3)32-22(31)28-17-7-5-16(6-8-17)27-21(30)19-13-15(24)14-25-20(19)26-18-9-11-29(4)12-10-18/h13-14,16-18H,5-12H2,1-4H3,(H,25,26)(H,27,30)(H,28,31). The van der Waals surface area contributed by atoms with Gasteiger partial charge >= 0.3 is 6.09 Å². The minimum absolute atomic E-state index is 0.0236. The van der Waals surface area contributed by atoms with Crippen LogP contribution in [0.1, 0.15) is 69.7 Å². The molecular weight excluding hydrogens is 413 g/mol. The van der Waals surface area contributed by atoms with Gasteiger partial charge < -0.3 is 25.6 Å². The van der Waals surface area contributed by atoms with Gasteiger partial charge in [0.25, 0.3) is 5.91 Å². The fraction of sp³-hybridized carbons (Fsp3) is 0.696. The maximum Gasteiger partial charge on any atom is 0.407 e. The molecule has 3 rings (SSSR count). The molecule has 2 fully saturated rings. The third kappa shape index (κ3) is 7.32. The van der Waals surface area contributed by atoms with Gasteiger partial charge in [-0.3, -0.25) is 4.79 Å². The van der Waals surface area contributed by atoms with Crippen molar-refractivity contribution in [1.29, 1.82) is 0 Å². The summed E-state index contributed by atoms with van der Waals surface area (Å²) in [6, 6.07) is 1.45. The van der Waals surface area contributed by atoms with E-state index in [2.05, 4.69) is 32.9 Å². The van der Waals surface area contributed by atoms with E-state index in [9.17, 15) is 14.0 Å². The van der Waals surface area contributed by atoms with Gasteiger partial charge in [-0.1, -0.05) is 0 Å². The Balaban J connectivity index is 1.53. The summed E-state index contributed by atoms with van der Waals surface area (Å²) in [5.74, 6) is -0.427. The Labute approximate surface area is 189 Å². The molecular formula is C23H36FN5O3. The van der Waals surface area contributed by atoms with Gasteiger partial charge in [0.1, 0.15) is 17.2 Å². The van der Waals surface area contributed by atoms with Gasteiger partial charge in [-0.2, -0.15) is 0 Å². The van der Waals surface area contributed by atoms with Crippen LogP contribution in [0.4, 0.5) is 15.0 Å². The third-order valence-corrected chi connectivity index (χ3v) is 5.94. The third-order valence-electron chi connectivity index (χ3n) is 5.94. The van der Waals surface area contributed by atoms with Crippen LogP contribution in [0.5, 0.6) is 0 Å². The molecule has 0 atom stereocenters. The van der Waals surface area contributed by atoms with Crippen molar-refractivity contribution < 1.29 is 18.7 Å². The highest BCUT2D eigenvalue weighted by molar-refractivity contribution is 5.99. The molecule has 32 heavy (non-hydrogen) atoms. The van der Waals surface area contributed by atoms with Gasteiger partial charge in [-0.05, 0) is 85.5 Å². The summed E-state index contributed by atoms with van der Waals surface area (Å²) >= 11 is 0. The molecule has 2 heterocycles. The maximum atomic E-state index is 13.9. The number of hydrogen-bond donors (Lipinski definition) is 3. The van der Waals surface area contributed by atoms with Gasteiger partial charge in [0.05, 0.1) is 11.8 Å². The van der Waals surface area contributed by atoms with E-state index in [4.69, 9.17) is 4.74 Å². The fourth-order valence-electron chi connectivity index (χ4n) is 4.19. The summed E-state index contributed by atoms with van der Waals surface area (Å²) in [6.45, 7) is 7.43. The number of rotatable bonds is 5. The van der Waals surface area contributed by atoms with Crippen molar-refractivity contribution in [2.24, 2.45) is 0 Å². The average Bonchev–Trinajstić information content (AvgIpc) is 2.71. The number of pyridine rings is 1. The number of carbonyl (C=O) groups excluding carboxylic acids is 2. The van der Waals surface area contributed by atoms with Crippen LogP contribution >= 0.6 is 0 Å². The second-order valence-electron chi connectivity index (χ2n) is 9.94. The van der Waals surface area contributed by atoms with Crippen molar-refractivity contribution in [3.63, 3.8) is 0 Å². The fourth-order valence-corrected chi connectivity index (χ4v) is 4.19. The number of ether oxygens (including phenoxy) is 1. The molecule has 0 radical (unpaired) electrons. The smallest absolute Gasteiger partial charge is 0.407 e. The van der Waals surface area contributed by atoms with E-state index in [1.54, 1.807) is 0 Å². The Morgan fingerprint density at radius 1 is 1.03 bits per heavy atom. The number of anilines is 1. The number of amides is 2. The van der Waals surface area contributed by atoms with Crippen LogP contribution in [-0.2, 0) is 4.74 Å². The second-order valence-corrected chi connectivity index (χ2v) is 9.94. The number of nitrogens with zero attached hydrogens (tertiary/aromatic N) is 2. The molecule has 0 unspecified atom stereocenters. The molecule has 1 aliphatic heterocycles. The summed E-state index contributed by atoms with van der Waals surface area (Å²) in [4.78, 5) is 31.3. The van der Waals surface area contributed by atoms with Crippen molar-refractivity contribution in [2.45, 2.75) is 83.0 Å². The zero-order valence-corrected chi connectivity index (χ0v) is 19.5. The zero-order chi connectivity index (χ0) is 23.3. The van der Waals surface area contributed by atoms with Crippen LogP contribution in [0.2, 0.25) is 0 Å². The number of likely N-dealkylation sites (tertiary alicyclic amines) is 1. The van der Waals surface area contributed by atoms with Crippen LogP contribution in [0.3, 0.4) is 0 Å². The largest absolute Gasteiger partial charge is 0.444 e. The SMILES string of the molecule is CN1CCC(Nc2ncc(F)cc2C(=O)NC2CCC(NC(=O)OC(C)(C)C)CC2)CC1. The first-order chi connectivity index (χ1) is 15.1. The molecule has 1 aliphatic carbocycles. The second kappa shape index (κ2) is 10.5. The summed E-state index contributed by atoms with van der Waals surface area (Å²) in [5, 5.41) is 9.26. The van der Waals surface area contributed by atoms with Crippen LogP contribution in [0, 0.1) is 5.82 Å². The molecule has 1 aromatic rings. The number of carbonyl (C=O) groups is 2. The number of nitrogens with one attached hydrogen (secondary N) is 3. The lowest BCUT2D eigenvalue weighted by Gasteiger charge is -2.31. The lowest BCUT2D eigenvalue weighted by molar-refractivity contribution is 0.0488. The molecule has 2 aliphatic rings. The Bertz CT molecular complexity index is 797. The van der Waals surface area contributed by atoms with Gasteiger partial charge in [0.15, 0.2) is 0 Å². The molecule has 1 saturated carbocycles. The van der Waals surface area contributed by atoms with Crippen molar-refractivity contribution in [3.8, 4) is 0 Å². The number of halogens is 1. The molecule has 0 bridgehead atoms. The summed E-state index contributed by atoms with van der Waals surface area (Å²) < 4.78 is 19.2. The molecule has 3 N–H and O–H groups in total. The first kappa shape index (κ1) is 24.2. The van der Waals surface area contributed by atoms with Crippen LogP contribution < -0.4 is 16.0 Å². The zero-order valence-electron chi connectivity index (χ0n) is 19.5. The Morgan fingerprint density at radius 3 is 2.22 bits per heavy atom. The monoisotopic (exact) mass is 449 g/mol. The highest BCUT2D eigenvalue weighted by Gasteiger charge is 2.27. The lowest BCUT2D eigenvalue weighted by atomic mass is 9.91. The van der Waals surface area contributed by atoms with Gasteiger partial charge in [-0.15, -0.1) is 0 Å². The molecule has 178 valence electrons. The number of hydrogen-bond acceptors (Lipinski definition) is 6. The topological polar surface area (TPSA) is 95.6 Å². The highest BCUT2D eigenvalue weighted by atomic mass is 19.1. The van der Waals surface area contributed by atoms with Crippen LogP contribution in [0.25, 0.3) is 0 Å². The normalized spacial score (nSPS) is 22.8. The quantitative estimate of drug-likeness (QED) is 0.639. The molecule has 2 amide bonds. The molecule has 9 heteroatoms. The first-order valence-electron chi connectivity index (χ1n) is 11.5. The van der Waals surface area contributed by atoms with E-state index in [1.807, 2.05) is 20.8 Å². The predicted octanol–water partition coefficient (Wildman–Crippen LogP) is 3.29. The summed E-state index contributed by atoms with van der Waals surface area (Å²) in [6.07, 6.45) is 5.57. The van der Waals surface area contributed by atoms with E-state index in [0.29, 0.717) is 5.82 Å². The molecule has 8 nitrogen and oxygen atoms in total. The maximum absolute atomic E-state index is 13.9. The van der Waals surface area contributed by atoms with Gasteiger partial charge in [0, 0.05) is 18.1 Å². The van der Waals surface area contributed by atoms with Gasteiger partial charge in [-0.25, -0.2) is 14.2 Å². The Morgan fingerprint density at radius 2 is 1.62 bits per heavy atom. The molecule has 1 saturated heterocycles. The molecule has 0 aromatic carbocycles. The van der Waals surface area contributed by atoms with E-state index in [1.165, 1.54) is 6.07 Å². The summed E-state index contributed by atoms with van der Waals surface area (Å²) in [7, 11) is 2.09. The number of piperidine rings is 1. The lowest BCUT2D eigenvalue weighted by Crippen LogP contribution is -2.45. The molecule has 0 spiro atoms. The number of alkyl carbamates (subject to hydrolysis) is 1. The Kier molecular flexibility index (Phi) is 7.92. The van der Waals surface area contributed by atoms with Crippen LogP contribution in [-0.4, -0.2) is 65.7 Å². The van der Waals surface area contributed by atoms with E-state index in [0.717, 1.165) is 57.8 Å². The molecule has 1 aromatic heterocycles. The predicted molar refractivity (Wildman–Crippen MR) is 121 cm³/mol. The van der Waals surface area contributed by atoms with Crippen molar-refractivity contribution >= 4 is 17.8 Å². The van der Waals surface area contributed by atoms with Gasteiger partial charge in [0.2, 0.25) is 0 Å².